The molecular formula is C10H17NOSi. The van der Waals surface area contributed by atoms with E-state index in [0.29, 0.717) is 6.61 Å². The van der Waals surface area contributed by atoms with Crippen molar-refractivity contribution in [2.45, 2.75) is 26.6 Å². The van der Waals surface area contributed by atoms with Gasteiger partial charge >= 0.3 is 0 Å². The van der Waals surface area contributed by atoms with E-state index in [1.807, 2.05) is 13.1 Å². The summed E-state index contributed by atoms with van der Waals surface area (Å²) in [5.41, 5.74) is 0. The fourth-order valence-corrected chi connectivity index (χ4v) is 2.11. The summed E-state index contributed by atoms with van der Waals surface area (Å²) < 4.78 is 5.40. The second-order valence-electron chi connectivity index (χ2n) is 4.09. The maximum atomic E-state index is 5.40. The first-order valence-electron chi connectivity index (χ1n) is 4.62. The molecule has 3 heteroatoms. The lowest BCUT2D eigenvalue weighted by Gasteiger charge is -2.16. The Morgan fingerprint density at radius 2 is 2.00 bits per heavy atom. The number of nitrogens with zero attached hydrogens (tertiary/aromatic N) is 1. The van der Waals surface area contributed by atoms with Crippen molar-refractivity contribution in [2.24, 2.45) is 0 Å². The van der Waals surface area contributed by atoms with Crippen molar-refractivity contribution in [3.05, 3.63) is 18.5 Å². The zero-order chi connectivity index (χ0) is 9.90. The normalized spacial score (nSPS) is 11.4. The molecule has 1 aromatic rings. The fourth-order valence-electron chi connectivity index (χ4n) is 1.07. The zero-order valence-corrected chi connectivity index (χ0v) is 9.79. The molecule has 1 heterocycles. The van der Waals surface area contributed by atoms with Gasteiger partial charge in [0.1, 0.15) is 5.75 Å². The highest BCUT2D eigenvalue weighted by Crippen LogP contribution is 2.09. The van der Waals surface area contributed by atoms with Crippen molar-refractivity contribution in [1.82, 2.24) is 4.98 Å². The Kier molecular flexibility index (Phi) is 3.09. The van der Waals surface area contributed by atoms with Crippen LogP contribution in [0, 0.1) is 0 Å². The molecule has 72 valence electrons. The molecule has 0 aliphatic rings. The molecule has 0 unspecified atom stereocenters. The highest BCUT2D eigenvalue weighted by Gasteiger charge is 2.16. The van der Waals surface area contributed by atoms with E-state index in [-0.39, 0.29) is 0 Å². The van der Waals surface area contributed by atoms with Gasteiger partial charge in [-0.1, -0.05) is 19.6 Å². The molecule has 1 aromatic heterocycles. The first kappa shape index (κ1) is 10.2. The molecular weight excluding hydrogens is 178 g/mol. The van der Waals surface area contributed by atoms with Gasteiger partial charge < -0.3 is 4.74 Å². The summed E-state index contributed by atoms with van der Waals surface area (Å²) in [7, 11) is -1.24. The van der Waals surface area contributed by atoms with E-state index in [9.17, 15) is 0 Å². The third kappa shape index (κ3) is 2.84. The van der Waals surface area contributed by atoms with Gasteiger partial charge in [-0.3, -0.25) is 4.98 Å². The van der Waals surface area contributed by atoms with Crippen molar-refractivity contribution in [3.63, 3.8) is 0 Å². The van der Waals surface area contributed by atoms with Crippen LogP contribution in [0.2, 0.25) is 19.6 Å². The fraction of sp³-hybridized carbons (Fsp3) is 0.500. The van der Waals surface area contributed by atoms with Gasteiger partial charge in [0.2, 0.25) is 0 Å². The van der Waals surface area contributed by atoms with Crippen molar-refractivity contribution in [3.8, 4) is 5.75 Å². The molecule has 1 rings (SSSR count). The summed E-state index contributed by atoms with van der Waals surface area (Å²) in [4.78, 5) is 4.18. The van der Waals surface area contributed by atoms with Crippen molar-refractivity contribution >= 4 is 13.3 Å². The van der Waals surface area contributed by atoms with Gasteiger partial charge in [-0.25, -0.2) is 0 Å². The Morgan fingerprint density at radius 3 is 2.54 bits per heavy atom. The molecule has 0 aliphatic carbocycles. The predicted octanol–water partition coefficient (Wildman–Crippen LogP) is 2.03. The van der Waals surface area contributed by atoms with Crippen molar-refractivity contribution in [2.75, 3.05) is 6.61 Å². The quantitative estimate of drug-likeness (QED) is 0.688. The molecule has 0 N–H and O–H groups in total. The molecule has 0 bridgehead atoms. The van der Waals surface area contributed by atoms with Crippen LogP contribution in [-0.2, 0) is 0 Å². The zero-order valence-electron chi connectivity index (χ0n) is 8.79. The highest BCUT2D eigenvalue weighted by atomic mass is 28.3. The number of hydrogen-bond acceptors (Lipinski definition) is 2. The summed E-state index contributed by atoms with van der Waals surface area (Å²) in [6.45, 7) is 9.61. The number of hydrogen-bond donors (Lipinski definition) is 0. The summed E-state index contributed by atoms with van der Waals surface area (Å²) in [6.07, 6.45) is 3.72. The van der Waals surface area contributed by atoms with Gasteiger partial charge in [-0.2, -0.15) is 0 Å². The molecule has 13 heavy (non-hydrogen) atoms. The molecule has 0 amide bonds. The predicted molar refractivity (Wildman–Crippen MR) is 58.4 cm³/mol. The number of ether oxygens (including phenoxy) is 1. The van der Waals surface area contributed by atoms with Crippen LogP contribution in [0.5, 0.6) is 5.75 Å². The molecule has 0 aromatic carbocycles. The SMILES string of the molecule is CCOc1cncc([Si](C)(C)C)c1. The largest absolute Gasteiger partial charge is 0.492 e. The van der Waals surface area contributed by atoms with E-state index in [2.05, 4.69) is 30.7 Å². The Morgan fingerprint density at radius 1 is 1.31 bits per heavy atom. The topological polar surface area (TPSA) is 22.1 Å². The van der Waals surface area contributed by atoms with Gasteiger partial charge in [-0.05, 0) is 18.2 Å². The van der Waals surface area contributed by atoms with E-state index < -0.39 is 8.07 Å². The Labute approximate surface area is 81.0 Å². The van der Waals surface area contributed by atoms with E-state index >= 15 is 0 Å². The number of rotatable bonds is 3. The average Bonchev–Trinajstić information content (AvgIpc) is 2.04. The number of aromatic nitrogens is 1. The highest BCUT2D eigenvalue weighted by molar-refractivity contribution is 6.88. The number of pyridine rings is 1. The van der Waals surface area contributed by atoms with Crippen LogP contribution in [0.15, 0.2) is 18.5 Å². The van der Waals surface area contributed by atoms with Gasteiger partial charge in [-0.15, -0.1) is 0 Å². The molecule has 0 atom stereocenters. The lowest BCUT2D eigenvalue weighted by molar-refractivity contribution is 0.339. The van der Waals surface area contributed by atoms with E-state index in [0.717, 1.165) is 5.75 Å². The van der Waals surface area contributed by atoms with Crippen LogP contribution in [0.25, 0.3) is 0 Å². The minimum atomic E-state index is -1.24. The molecule has 0 saturated carbocycles. The van der Waals surface area contributed by atoms with Crippen LogP contribution in [0.4, 0.5) is 0 Å². The van der Waals surface area contributed by atoms with Crippen LogP contribution < -0.4 is 9.92 Å². The minimum absolute atomic E-state index is 0.705. The monoisotopic (exact) mass is 195 g/mol. The van der Waals surface area contributed by atoms with Gasteiger partial charge in [0, 0.05) is 6.20 Å². The third-order valence-electron chi connectivity index (χ3n) is 1.89. The summed E-state index contributed by atoms with van der Waals surface area (Å²) in [5, 5.41) is 1.35. The Balaban J connectivity index is 2.92. The first-order valence-corrected chi connectivity index (χ1v) is 8.12. The maximum absolute atomic E-state index is 5.40. The molecule has 0 radical (unpaired) electrons. The smallest absolute Gasteiger partial charge is 0.137 e. The van der Waals surface area contributed by atoms with E-state index in [1.165, 1.54) is 5.19 Å². The molecule has 2 nitrogen and oxygen atoms in total. The lowest BCUT2D eigenvalue weighted by atomic mass is 10.4. The lowest BCUT2D eigenvalue weighted by Crippen LogP contribution is -2.37. The molecule has 0 fully saturated rings. The summed E-state index contributed by atoms with van der Waals surface area (Å²) in [5.74, 6) is 0.891. The van der Waals surface area contributed by atoms with Crippen LogP contribution in [-0.4, -0.2) is 19.7 Å². The standard InChI is InChI=1S/C10H17NOSi/c1-5-12-9-6-10(8-11-7-9)13(2,3)4/h6-8H,5H2,1-4H3. The average molecular weight is 195 g/mol. The maximum Gasteiger partial charge on any atom is 0.137 e. The van der Waals surface area contributed by atoms with Crippen LogP contribution in [0.3, 0.4) is 0 Å². The van der Waals surface area contributed by atoms with Gasteiger partial charge in [0.15, 0.2) is 0 Å². The second kappa shape index (κ2) is 3.92. The van der Waals surface area contributed by atoms with E-state index in [4.69, 9.17) is 4.74 Å². The first-order chi connectivity index (χ1) is 6.04. The van der Waals surface area contributed by atoms with Gasteiger partial charge in [0.25, 0.3) is 0 Å². The summed E-state index contributed by atoms with van der Waals surface area (Å²) >= 11 is 0. The summed E-state index contributed by atoms with van der Waals surface area (Å²) in [6, 6.07) is 2.11. The third-order valence-corrected chi connectivity index (χ3v) is 3.90. The van der Waals surface area contributed by atoms with Crippen LogP contribution >= 0.6 is 0 Å². The molecule has 0 spiro atoms. The van der Waals surface area contributed by atoms with Gasteiger partial charge in [0.05, 0.1) is 20.9 Å². The van der Waals surface area contributed by atoms with Crippen molar-refractivity contribution < 1.29 is 4.74 Å². The van der Waals surface area contributed by atoms with E-state index in [1.54, 1.807) is 6.20 Å². The Bertz CT molecular complexity index is 280. The second-order valence-corrected chi connectivity index (χ2v) is 9.17. The Hall–Kier alpha value is -0.833. The van der Waals surface area contributed by atoms with Crippen molar-refractivity contribution in [1.29, 1.82) is 0 Å². The molecule has 0 aliphatic heterocycles. The van der Waals surface area contributed by atoms with Crippen LogP contribution in [0.1, 0.15) is 6.92 Å². The minimum Gasteiger partial charge on any atom is -0.492 e. The molecule has 0 saturated heterocycles.